The molecule has 0 heterocycles. The lowest BCUT2D eigenvalue weighted by Crippen LogP contribution is -2.47. The van der Waals surface area contributed by atoms with Gasteiger partial charge in [0.2, 0.25) is 0 Å². The van der Waals surface area contributed by atoms with E-state index in [9.17, 15) is 4.79 Å². The normalized spacial score (nSPS) is 26.4. The first-order valence-corrected chi connectivity index (χ1v) is 5.63. The highest BCUT2D eigenvalue weighted by Crippen LogP contribution is 2.24. The Balaban J connectivity index is 2.22. The first-order chi connectivity index (χ1) is 6.88. The molecule has 4 nitrogen and oxygen atoms in total. The Kier molecular flexibility index (Phi) is 3.97. The van der Waals surface area contributed by atoms with Gasteiger partial charge in [0.1, 0.15) is 5.60 Å². The van der Waals surface area contributed by atoms with E-state index in [0.717, 1.165) is 6.42 Å². The Morgan fingerprint density at radius 3 is 2.47 bits per heavy atom. The van der Waals surface area contributed by atoms with E-state index in [1.54, 1.807) is 0 Å². The summed E-state index contributed by atoms with van der Waals surface area (Å²) in [5.41, 5.74) is 5.19. The van der Waals surface area contributed by atoms with E-state index >= 15 is 0 Å². The lowest BCUT2D eigenvalue weighted by Gasteiger charge is -2.22. The standard InChI is InChI=1S/C11H22N2O2/c1-8-6-5-7-9(8)12-13-10(14)15-11(2,3)4/h8-9,12H,5-7H2,1-4H3,(H,13,14)/t8-,9-/m0/s1. The molecule has 1 saturated carbocycles. The molecule has 0 aromatic heterocycles. The number of hydrogen-bond acceptors (Lipinski definition) is 3. The third kappa shape index (κ3) is 4.51. The quantitative estimate of drug-likeness (QED) is 0.693. The Bertz CT molecular complexity index is 223. The summed E-state index contributed by atoms with van der Waals surface area (Å²) in [6.45, 7) is 7.75. The van der Waals surface area contributed by atoms with Crippen LogP contribution in [-0.4, -0.2) is 17.7 Å². The van der Waals surface area contributed by atoms with Gasteiger partial charge in [-0.25, -0.2) is 10.2 Å². The van der Waals surface area contributed by atoms with Crippen LogP contribution in [0.15, 0.2) is 0 Å². The van der Waals surface area contributed by atoms with Gasteiger partial charge >= 0.3 is 6.09 Å². The first kappa shape index (κ1) is 12.3. The van der Waals surface area contributed by atoms with Gasteiger partial charge in [-0.3, -0.25) is 5.43 Å². The van der Waals surface area contributed by atoms with Crippen LogP contribution in [0.3, 0.4) is 0 Å². The number of ether oxygens (including phenoxy) is 1. The molecule has 1 aliphatic rings. The average molecular weight is 214 g/mol. The summed E-state index contributed by atoms with van der Waals surface area (Å²) in [5, 5.41) is 0. The van der Waals surface area contributed by atoms with Crippen LogP contribution in [0, 0.1) is 5.92 Å². The molecule has 88 valence electrons. The minimum Gasteiger partial charge on any atom is -0.443 e. The Morgan fingerprint density at radius 1 is 1.33 bits per heavy atom. The fourth-order valence-electron chi connectivity index (χ4n) is 1.82. The van der Waals surface area contributed by atoms with Gasteiger partial charge in [0.15, 0.2) is 0 Å². The van der Waals surface area contributed by atoms with E-state index in [-0.39, 0.29) is 0 Å². The maximum absolute atomic E-state index is 11.3. The lowest BCUT2D eigenvalue weighted by molar-refractivity contribution is 0.0484. The zero-order valence-corrected chi connectivity index (χ0v) is 10.1. The third-order valence-corrected chi connectivity index (χ3v) is 2.62. The van der Waals surface area contributed by atoms with Gasteiger partial charge < -0.3 is 4.74 Å². The molecule has 1 aliphatic carbocycles. The smallest absolute Gasteiger partial charge is 0.422 e. The average Bonchev–Trinajstić information content (AvgIpc) is 2.44. The topological polar surface area (TPSA) is 50.4 Å². The molecule has 15 heavy (non-hydrogen) atoms. The summed E-state index contributed by atoms with van der Waals surface area (Å²) < 4.78 is 5.12. The Hall–Kier alpha value is -0.770. The van der Waals surface area contributed by atoms with Crippen LogP contribution in [0.5, 0.6) is 0 Å². The summed E-state index contributed by atoms with van der Waals surface area (Å²) in [4.78, 5) is 11.3. The number of carbonyl (C=O) groups is 1. The molecule has 0 aliphatic heterocycles. The van der Waals surface area contributed by atoms with Crippen LogP contribution in [-0.2, 0) is 4.74 Å². The number of carbonyl (C=O) groups excluding carboxylic acids is 1. The second-order valence-electron chi connectivity index (χ2n) is 5.29. The van der Waals surface area contributed by atoms with E-state index in [0.29, 0.717) is 12.0 Å². The SMILES string of the molecule is C[C@H]1CCC[C@@H]1NNC(=O)OC(C)(C)C. The van der Waals surface area contributed by atoms with E-state index in [2.05, 4.69) is 17.8 Å². The van der Waals surface area contributed by atoms with Gasteiger partial charge in [-0.05, 0) is 39.5 Å². The van der Waals surface area contributed by atoms with Crippen molar-refractivity contribution in [2.45, 2.75) is 58.6 Å². The molecule has 0 radical (unpaired) electrons. The van der Waals surface area contributed by atoms with Crippen molar-refractivity contribution in [3.63, 3.8) is 0 Å². The summed E-state index contributed by atoms with van der Waals surface area (Å²) in [5.74, 6) is 0.625. The van der Waals surface area contributed by atoms with Crippen LogP contribution in [0.1, 0.15) is 47.0 Å². The summed E-state index contributed by atoms with van der Waals surface area (Å²) in [6.07, 6.45) is 3.18. The lowest BCUT2D eigenvalue weighted by atomic mass is 10.1. The van der Waals surface area contributed by atoms with Gasteiger partial charge in [0.25, 0.3) is 0 Å². The minimum absolute atomic E-state index is 0.387. The fourth-order valence-corrected chi connectivity index (χ4v) is 1.82. The second kappa shape index (κ2) is 4.84. The number of amides is 1. The van der Waals surface area contributed by atoms with Gasteiger partial charge in [0.05, 0.1) is 0 Å². The number of hydrogen-bond donors (Lipinski definition) is 2. The molecule has 0 spiro atoms. The van der Waals surface area contributed by atoms with Crippen molar-refractivity contribution >= 4 is 6.09 Å². The molecule has 1 amide bonds. The van der Waals surface area contributed by atoms with Gasteiger partial charge in [-0.15, -0.1) is 0 Å². The molecule has 0 unspecified atom stereocenters. The minimum atomic E-state index is -0.437. The van der Waals surface area contributed by atoms with Gasteiger partial charge in [0, 0.05) is 6.04 Å². The Labute approximate surface area is 91.7 Å². The van der Waals surface area contributed by atoms with E-state index < -0.39 is 11.7 Å². The second-order valence-corrected chi connectivity index (χ2v) is 5.29. The predicted octanol–water partition coefficient (Wildman–Crippen LogP) is 2.20. The number of hydrazine groups is 1. The fraction of sp³-hybridized carbons (Fsp3) is 0.909. The van der Waals surface area contributed by atoms with Crippen molar-refractivity contribution in [2.24, 2.45) is 5.92 Å². The maximum Gasteiger partial charge on any atom is 0.422 e. The van der Waals surface area contributed by atoms with Crippen molar-refractivity contribution in [1.82, 2.24) is 10.9 Å². The van der Waals surface area contributed by atoms with Crippen LogP contribution < -0.4 is 10.9 Å². The zero-order chi connectivity index (χ0) is 11.5. The predicted molar refractivity (Wildman–Crippen MR) is 59.3 cm³/mol. The zero-order valence-electron chi connectivity index (χ0n) is 10.1. The molecular formula is C11H22N2O2. The summed E-state index contributed by atoms with van der Waals surface area (Å²) in [7, 11) is 0. The van der Waals surface area contributed by atoms with Gasteiger partial charge in [-0.1, -0.05) is 13.3 Å². The molecule has 1 fully saturated rings. The van der Waals surface area contributed by atoms with E-state index in [4.69, 9.17) is 4.74 Å². The van der Waals surface area contributed by atoms with Crippen molar-refractivity contribution in [2.75, 3.05) is 0 Å². The van der Waals surface area contributed by atoms with E-state index in [1.807, 2.05) is 20.8 Å². The van der Waals surface area contributed by atoms with Gasteiger partial charge in [-0.2, -0.15) is 0 Å². The molecule has 1 rings (SSSR count). The first-order valence-electron chi connectivity index (χ1n) is 5.63. The summed E-state index contributed by atoms with van der Waals surface area (Å²) >= 11 is 0. The molecule has 2 atom stereocenters. The van der Waals surface area contributed by atoms with Crippen LogP contribution in [0.4, 0.5) is 4.79 Å². The highest BCUT2D eigenvalue weighted by atomic mass is 16.6. The van der Waals surface area contributed by atoms with Crippen molar-refractivity contribution in [3.8, 4) is 0 Å². The Morgan fingerprint density at radius 2 is 2.00 bits per heavy atom. The van der Waals surface area contributed by atoms with Crippen molar-refractivity contribution in [3.05, 3.63) is 0 Å². The molecule has 4 heteroatoms. The number of nitrogens with one attached hydrogen (secondary N) is 2. The van der Waals surface area contributed by atoms with Crippen molar-refractivity contribution < 1.29 is 9.53 Å². The molecule has 0 saturated heterocycles. The monoisotopic (exact) mass is 214 g/mol. The molecule has 0 aromatic rings. The van der Waals surface area contributed by atoms with Crippen LogP contribution in [0.25, 0.3) is 0 Å². The maximum atomic E-state index is 11.3. The molecule has 0 aromatic carbocycles. The van der Waals surface area contributed by atoms with Crippen LogP contribution >= 0.6 is 0 Å². The molecule has 0 bridgehead atoms. The molecule has 2 N–H and O–H groups in total. The molecular weight excluding hydrogens is 192 g/mol. The van der Waals surface area contributed by atoms with E-state index in [1.165, 1.54) is 12.8 Å². The van der Waals surface area contributed by atoms with Crippen LogP contribution in [0.2, 0.25) is 0 Å². The highest BCUT2D eigenvalue weighted by Gasteiger charge is 2.24. The highest BCUT2D eigenvalue weighted by molar-refractivity contribution is 5.67. The largest absolute Gasteiger partial charge is 0.443 e. The van der Waals surface area contributed by atoms with Crippen molar-refractivity contribution in [1.29, 1.82) is 0 Å². The number of rotatable bonds is 2. The summed E-state index contributed by atoms with van der Waals surface area (Å²) in [6, 6.07) is 0.387. The third-order valence-electron chi connectivity index (χ3n) is 2.62.